The summed E-state index contributed by atoms with van der Waals surface area (Å²) in [6, 6.07) is 15.5. The molecule has 0 bridgehead atoms. The van der Waals surface area contributed by atoms with E-state index in [4.69, 9.17) is 5.11 Å². The Bertz CT molecular complexity index is 714. The van der Waals surface area contributed by atoms with Crippen molar-refractivity contribution in [1.82, 2.24) is 5.32 Å². The Hall–Kier alpha value is -1.98. The van der Waals surface area contributed by atoms with Gasteiger partial charge in [0.15, 0.2) is 0 Å². The molecule has 0 spiro atoms. The number of carbonyl (C=O) groups is 1. The number of hydrogen-bond acceptors (Lipinski definition) is 3. The summed E-state index contributed by atoms with van der Waals surface area (Å²) >= 11 is 0. The van der Waals surface area contributed by atoms with Crippen LogP contribution in [-0.2, 0) is 15.6 Å². The van der Waals surface area contributed by atoms with Gasteiger partial charge in [0.25, 0.3) is 0 Å². The first-order valence-corrected chi connectivity index (χ1v) is 8.95. The maximum absolute atomic E-state index is 12.8. The minimum Gasteiger partial charge on any atom is -0.394 e. The SMILES string of the molecule is C[C@@H](CO)NC(=O)CS(=O)C1c2ccccc2-c2ccccc21. The maximum Gasteiger partial charge on any atom is 0.232 e. The molecule has 1 aliphatic rings. The van der Waals surface area contributed by atoms with Gasteiger partial charge in [-0.1, -0.05) is 48.5 Å². The van der Waals surface area contributed by atoms with Crippen LogP contribution >= 0.6 is 0 Å². The summed E-state index contributed by atoms with van der Waals surface area (Å²) in [5.74, 6) is -0.371. The molecule has 3 rings (SSSR count). The molecule has 120 valence electrons. The number of nitrogens with one attached hydrogen (secondary N) is 1. The molecule has 1 aliphatic carbocycles. The van der Waals surface area contributed by atoms with E-state index in [1.807, 2.05) is 48.5 Å². The van der Waals surface area contributed by atoms with Crippen LogP contribution in [0.25, 0.3) is 11.1 Å². The summed E-state index contributed by atoms with van der Waals surface area (Å²) in [6.07, 6.45) is 0. The average Bonchev–Trinajstić information content (AvgIpc) is 2.89. The molecule has 0 saturated heterocycles. The van der Waals surface area contributed by atoms with Gasteiger partial charge in [-0.25, -0.2) is 0 Å². The van der Waals surface area contributed by atoms with Gasteiger partial charge in [0, 0.05) is 16.8 Å². The number of hydrogen-bond donors (Lipinski definition) is 2. The third kappa shape index (κ3) is 3.07. The van der Waals surface area contributed by atoms with E-state index in [-0.39, 0.29) is 29.6 Å². The number of fused-ring (bicyclic) bond motifs is 3. The molecular formula is C18H19NO3S. The van der Waals surface area contributed by atoms with Gasteiger partial charge in [-0.15, -0.1) is 0 Å². The zero-order valence-electron chi connectivity index (χ0n) is 12.9. The van der Waals surface area contributed by atoms with Gasteiger partial charge in [-0.3, -0.25) is 9.00 Å². The normalized spacial score (nSPS) is 15.6. The van der Waals surface area contributed by atoms with E-state index in [1.165, 1.54) is 0 Å². The first-order valence-electron chi connectivity index (χ1n) is 7.57. The number of aliphatic hydroxyl groups excluding tert-OH is 1. The second-order valence-corrected chi connectivity index (χ2v) is 7.25. The quantitative estimate of drug-likeness (QED) is 0.882. The lowest BCUT2D eigenvalue weighted by atomic mass is 10.1. The van der Waals surface area contributed by atoms with E-state index in [9.17, 15) is 9.00 Å². The van der Waals surface area contributed by atoms with Crippen molar-refractivity contribution in [2.24, 2.45) is 0 Å². The molecule has 0 saturated carbocycles. The molecule has 0 aliphatic heterocycles. The van der Waals surface area contributed by atoms with Crippen molar-refractivity contribution in [1.29, 1.82) is 0 Å². The summed E-state index contributed by atoms with van der Waals surface area (Å²) in [4.78, 5) is 12.0. The highest BCUT2D eigenvalue weighted by atomic mass is 32.2. The molecule has 0 fully saturated rings. The van der Waals surface area contributed by atoms with Crippen LogP contribution in [0.2, 0.25) is 0 Å². The van der Waals surface area contributed by atoms with Crippen molar-refractivity contribution >= 4 is 16.7 Å². The van der Waals surface area contributed by atoms with Crippen LogP contribution in [0.15, 0.2) is 48.5 Å². The van der Waals surface area contributed by atoms with Crippen LogP contribution in [0.4, 0.5) is 0 Å². The summed E-state index contributed by atoms with van der Waals surface area (Å²) in [6.45, 7) is 1.58. The number of aliphatic hydroxyl groups is 1. The smallest absolute Gasteiger partial charge is 0.232 e. The fraction of sp³-hybridized carbons (Fsp3) is 0.278. The Labute approximate surface area is 138 Å². The van der Waals surface area contributed by atoms with Gasteiger partial charge in [0.2, 0.25) is 5.91 Å². The third-order valence-electron chi connectivity index (χ3n) is 3.99. The lowest BCUT2D eigenvalue weighted by Crippen LogP contribution is -2.38. The van der Waals surface area contributed by atoms with E-state index in [0.717, 1.165) is 22.3 Å². The number of carbonyl (C=O) groups excluding carboxylic acids is 1. The first kappa shape index (κ1) is 15.9. The van der Waals surface area contributed by atoms with E-state index in [1.54, 1.807) is 6.92 Å². The van der Waals surface area contributed by atoms with Crippen LogP contribution < -0.4 is 5.32 Å². The molecule has 5 heteroatoms. The van der Waals surface area contributed by atoms with E-state index in [0.29, 0.717) is 0 Å². The predicted octanol–water partition coefficient (Wildman–Crippen LogP) is 2.00. The lowest BCUT2D eigenvalue weighted by Gasteiger charge is -2.15. The highest BCUT2D eigenvalue weighted by Gasteiger charge is 2.33. The molecule has 0 radical (unpaired) electrons. The monoisotopic (exact) mass is 329 g/mol. The molecule has 4 nitrogen and oxygen atoms in total. The van der Waals surface area contributed by atoms with Gasteiger partial charge in [-0.05, 0) is 29.2 Å². The second kappa shape index (κ2) is 6.64. The first-order chi connectivity index (χ1) is 11.1. The lowest BCUT2D eigenvalue weighted by molar-refractivity contribution is -0.119. The van der Waals surface area contributed by atoms with Crippen LogP contribution in [0.5, 0.6) is 0 Å². The fourth-order valence-electron chi connectivity index (χ4n) is 2.97. The number of benzene rings is 2. The molecule has 1 amide bonds. The molecule has 0 heterocycles. The van der Waals surface area contributed by atoms with Gasteiger partial charge in [0.05, 0.1) is 11.9 Å². The zero-order chi connectivity index (χ0) is 16.4. The summed E-state index contributed by atoms with van der Waals surface area (Å²) < 4.78 is 12.8. The second-order valence-electron chi connectivity index (χ2n) is 5.73. The van der Waals surface area contributed by atoms with Crippen LogP contribution in [0.3, 0.4) is 0 Å². The Morgan fingerprint density at radius 1 is 1.13 bits per heavy atom. The zero-order valence-corrected chi connectivity index (χ0v) is 13.7. The standard InChI is InChI=1S/C18H19NO3S/c1-12(10-20)19-17(21)11-23(22)18-15-8-4-2-6-13(15)14-7-3-5-9-16(14)18/h2-9,12,18,20H,10-11H2,1H3,(H,19,21)/t12-,23?/m0/s1. The molecule has 2 atom stereocenters. The molecule has 0 aromatic heterocycles. The van der Waals surface area contributed by atoms with Crippen LogP contribution in [0.1, 0.15) is 23.3 Å². The molecular weight excluding hydrogens is 310 g/mol. The highest BCUT2D eigenvalue weighted by Crippen LogP contribution is 2.46. The Morgan fingerprint density at radius 3 is 2.17 bits per heavy atom. The van der Waals surface area contributed by atoms with Crippen molar-refractivity contribution in [3.63, 3.8) is 0 Å². The summed E-state index contributed by atoms with van der Waals surface area (Å²) in [5, 5.41) is 11.4. The molecule has 1 unspecified atom stereocenters. The number of amides is 1. The van der Waals surface area contributed by atoms with Crippen molar-refractivity contribution in [2.75, 3.05) is 12.4 Å². The largest absolute Gasteiger partial charge is 0.394 e. The van der Waals surface area contributed by atoms with Crippen molar-refractivity contribution < 1.29 is 14.1 Å². The van der Waals surface area contributed by atoms with Gasteiger partial charge >= 0.3 is 0 Å². The summed E-state index contributed by atoms with van der Waals surface area (Å²) in [5.41, 5.74) is 4.20. The highest BCUT2D eigenvalue weighted by molar-refractivity contribution is 7.86. The maximum atomic E-state index is 12.8. The topological polar surface area (TPSA) is 66.4 Å². The van der Waals surface area contributed by atoms with Crippen LogP contribution in [-0.4, -0.2) is 33.6 Å². The van der Waals surface area contributed by atoms with Crippen molar-refractivity contribution in [3.8, 4) is 11.1 Å². The predicted molar refractivity (Wildman–Crippen MR) is 91.4 cm³/mol. The van der Waals surface area contributed by atoms with E-state index < -0.39 is 10.8 Å². The Kier molecular flexibility index (Phi) is 4.59. The Balaban J connectivity index is 1.88. The minimum absolute atomic E-state index is 0.0718. The van der Waals surface area contributed by atoms with Crippen molar-refractivity contribution in [3.05, 3.63) is 59.7 Å². The van der Waals surface area contributed by atoms with Gasteiger partial charge in [-0.2, -0.15) is 0 Å². The van der Waals surface area contributed by atoms with Crippen molar-refractivity contribution in [2.45, 2.75) is 18.2 Å². The summed E-state index contributed by atoms with van der Waals surface area (Å²) in [7, 11) is -1.36. The third-order valence-corrected chi connectivity index (χ3v) is 5.57. The van der Waals surface area contributed by atoms with Gasteiger partial charge in [0.1, 0.15) is 5.75 Å². The van der Waals surface area contributed by atoms with E-state index >= 15 is 0 Å². The van der Waals surface area contributed by atoms with Crippen LogP contribution in [0, 0.1) is 0 Å². The van der Waals surface area contributed by atoms with E-state index in [2.05, 4.69) is 5.32 Å². The number of rotatable bonds is 5. The molecule has 23 heavy (non-hydrogen) atoms. The molecule has 2 aromatic rings. The fourth-order valence-corrected chi connectivity index (χ4v) is 4.45. The molecule has 2 aromatic carbocycles. The minimum atomic E-state index is -1.36. The Morgan fingerprint density at radius 2 is 1.65 bits per heavy atom. The molecule has 2 N–H and O–H groups in total. The van der Waals surface area contributed by atoms with Gasteiger partial charge < -0.3 is 10.4 Å². The average molecular weight is 329 g/mol.